The SMILES string of the molecule is CCCCCCCCCCOc1c(O)cc(-c2nnc(-c3cc(-c4nnc(-c5cc(O)c(OCCCCCCCCCC)c(O)c5)o4)cc(-c4nnc(-c5cc(O)c(OCCCCCCCCCC)c(O)c5)o4)c3)o2)cc1O. The summed E-state index contributed by atoms with van der Waals surface area (Å²) in [6, 6.07) is 13.2. The van der Waals surface area contributed by atoms with Gasteiger partial charge in [0.25, 0.3) is 0 Å². The molecule has 0 aliphatic carbocycles. The zero-order chi connectivity index (χ0) is 55.1. The van der Waals surface area contributed by atoms with E-state index in [9.17, 15) is 30.6 Å². The van der Waals surface area contributed by atoms with Crippen molar-refractivity contribution in [3.05, 3.63) is 54.6 Å². The predicted molar refractivity (Wildman–Crippen MR) is 297 cm³/mol. The fraction of sp³-hybridized carbons (Fsp3) is 0.500. The molecule has 4 aromatic carbocycles. The van der Waals surface area contributed by atoms with Gasteiger partial charge in [0.05, 0.1) is 19.8 Å². The van der Waals surface area contributed by atoms with Gasteiger partial charge >= 0.3 is 0 Å². The van der Waals surface area contributed by atoms with Crippen molar-refractivity contribution >= 4 is 0 Å². The molecule has 7 rings (SSSR count). The number of aromatic nitrogens is 6. The first-order chi connectivity index (χ1) is 38.1. The molecule has 0 fully saturated rings. The number of aromatic hydroxyl groups is 6. The van der Waals surface area contributed by atoms with Crippen LogP contribution in [0.2, 0.25) is 0 Å². The number of phenolic OH excluding ortho intramolecular Hbond substituents is 6. The molecule has 18 heteroatoms. The van der Waals surface area contributed by atoms with Crippen LogP contribution in [0.5, 0.6) is 51.7 Å². The lowest BCUT2D eigenvalue weighted by Gasteiger charge is -2.11. The molecule has 0 aliphatic rings. The van der Waals surface area contributed by atoms with Gasteiger partial charge in [-0.1, -0.05) is 156 Å². The smallest absolute Gasteiger partial charge is 0.248 e. The first-order valence-electron chi connectivity index (χ1n) is 28.3. The Morgan fingerprint density at radius 3 is 0.654 bits per heavy atom. The average Bonchev–Trinajstić information content (AvgIpc) is 4.27. The fourth-order valence-electron chi connectivity index (χ4n) is 9.21. The maximum absolute atomic E-state index is 10.9. The molecule has 0 amide bonds. The highest BCUT2D eigenvalue weighted by molar-refractivity contribution is 5.76. The standard InChI is InChI=1S/C60H78N6O12/c1-4-7-10-13-16-19-22-25-28-73-52-46(67)34-43(35-47(52)68)58-64-61-55(76-58)40-31-41(56-62-65-59(77-56)44-36-48(69)53(49(70)37-44)74-29-26-23-20-17-14-11-8-5-2)33-42(32-40)57-63-66-60(78-57)45-38-50(71)54(51(72)39-45)75-30-27-24-21-18-15-12-9-6-3/h31-39,67-72H,4-30H2,1-3H3. The van der Waals surface area contributed by atoms with Gasteiger partial charge < -0.3 is 58.1 Å². The number of phenols is 6. The van der Waals surface area contributed by atoms with Crippen molar-refractivity contribution in [2.24, 2.45) is 0 Å². The Hall–Kier alpha value is -7.50. The van der Waals surface area contributed by atoms with Crippen molar-refractivity contribution < 1.29 is 58.1 Å². The summed E-state index contributed by atoms with van der Waals surface area (Å²) in [4.78, 5) is 0. The first kappa shape index (κ1) is 58.2. The van der Waals surface area contributed by atoms with E-state index < -0.39 is 0 Å². The molecule has 7 aromatic rings. The number of unbranched alkanes of at least 4 members (excludes halogenated alkanes) is 21. The molecule has 18 nitrogen and oxygen atoms in total. The zero-order valence-corrected chi connectivity index (χ0v) is 45.6. The second-order valence-electron chi connectivity index (χ2n) is 20.0. The molecule has 420 valence electrons. The molecule has 0 radical (unpaired) electrons. The number of hydrogen-bond donors (Lipinski definition) is 6. The molecular weight excluding hydrogens is 997 g/mol. The van der Waals surface area contributed by atoms with Crippen LogP contribution in [0.15, 0.2) is 67.8 Å². The molecule has 0 bridgehead atoms. The van der Waals surface area contributed by atoms with E-state index in [1.165, 1.54) is 133 Å². The normalized spacial score (nSPS) is 11.4. The van der Waals surface area contributed by atoms with Crippen molar-refractivity contribution in [3.8, 4) is 120 Å². The molecule has 3 aromatic heterocycles. The van der Waals surface area contributed by atoms with Gasteiger partial charge in [-0.3, -0.25) is 0 Å². The van der Waals surface area contributed by atoms with E-state index in [-0.39, 0.29) is 104 Å². The van der Waals surface area contributed by atoms with Gasteiger partial charge in [-0.2, -0.15) is 0 Å². The first-order valence-corrected chi connectivity index (χ1v) is 28.3. The maximum Gasteiger partial charge on any atom is 0.248 e. The Balaban J connectivity index is 1.10. The lowest BCUT2D eigenvalue weighted by atomic mass is 10.1. The Bertz CT molecular complexity index is 2540. The highest BCUT2D eigenvalue weighted by atomic mass is 16.5. The summed E-state index contributed by atoms with van der Waals surface area (Å²) in [5, 5.41) is 91.2. The minimum atomic E-state index is -0.293. The van der Waals surface area contributed by atoms with Crippen molar-refractivity contribution in [3.63, 3.8) is 0 Å². The van der Waals surface area contributed by atoms with Crippen LogP contribution in [-0.4, -0.2) is 81.1 Å². The molecule has 78 heavy (non-hydrogen) atoms. The quantitative estimate of drug-likeness (QED) is 0.0199. The highest BCUT2D eigenvalue weighted by Gasteiger charge is 2.23. The third-order valence-electron chi connectivity index (χ3n) is 13.6. The minimum absolute atomic E-state index is 0.0105. The van der Waals surface area contributed by atoms with E-state index >= 15 is 0 Å². The van der Waals surface area contributed by atoms with Gasteiger partial charge in [0.2, 0.25) is 52.6 Å². The van der Waals surface area contributed by atoms with Gasteiger partial charge in [0, 0.05) is 33.4 Å². The van der Waals surface area contributed by atoms with Crippen LogP contribution in [0.25, 0.3) is 68.7 Å². The Labute approximate surface area is 456 Å². The largest absolute Gasteiger partial charge is 0.504 e. The van der Waals surface area contributed by atoms with Crippen molar-refractivity contribution in [1.82, 2.24) is 30.6 Å². The van der Waals surface area contributed by atoms with Gasteiger partial charge in [-0.25, -0.2) is 0 Å². The molecular formula is C60H78N6O12. The maximum atomic E-state index is 10.9. The molecule has 6 N–H and O–H groups in total. The molecule has 0 aliphatic heterocycles. The zero-order valence-electron chi connectivity index (χ0n) is 45.6. The summed E-state index contributed by atoms with van der Waals surface area (Å²) in [6.45, 7) is 7.60. The van der Waals surface area contributed by atoms with E-state index in [4.69, 9.17) is 27.5 Å². The summed E-state index contributed by atoms with van der Waals surface area (Å²) in [7, 11) is 0. The lowest BCUT2D eigenvalue weighted by molar-refractivity contribution is 0.274. The molecule has 0 atom stereocenters. The van der Waals surface area contributed by atoms with Crippen molar-refractivity contribution in [2.45, 2.75) is 175 Å². The summed E-state index contributed by atoms with van der Waals surface area (Å²) < 4.78 is 35.8. The third-order valence-corrected chi connectivity index (χ3v) is 13.6. The van der Waals surface area contributed by atoms with Gasteiger partial charge in [0.15, 0.2) is 34.5 Å². The monoisotopic (exact) mass is 1070 g/mol. The van der Waals surface area contributed by atoms with E-state index in [1.54, 1.807) is 18.2 Å². The topological polar surface area (TPSA) is 266 Å². The minimum Gasteiger partial charge on any atom is -0.504 e. The van der Waals surface area contributed by atoms with Gasteiger partial charge in [-0.15, -0.1) is 30.6 Å². The average molecular weight is 1080 g/mol. The number of rotatable bonds is 36. The van der Waals surface area contributed by atoms with Gasteiger partial charge in [0.1, 0.15) is 0 Å². The van der Waals surface area contributed by atoms with Crippen LogP contribution >= 0.6 is 0 Å². The Kier molecular flexibility index (Phi) is 22.7. The fourth-order valence-corrected chi connectivity index (χ4v) is 9.21. The van der Waals surface area contributed by atoms with Crippen LogP contribution in [-0.2, 0) is 0 Å². The predicted octanol–water partition coefficient (Wildman–Crippen LogP) is 15.6. The van der Waals surface area contributed by atoms with Crippen LogP contribution in [0, 0.1) is 0 Å². The van der Waals surface area contributed by atoms with E-state index in [1.807, 2.05) is 0 Å². The van der Waals surface area contributed by atoms with Crippen LogP contribution < -0.4 is 14.2 Å². The summed E-state index contributed by atoms with van der Waals surface area (Å²) in [5.74, 6) is -1.91. The van der Waals surface area contributed by atoms with Crippen LogP contribution in [0.4, 0.5) is 0 Å². The number of nitrogens with zero attached hydrogens (tertiary/aromatic N) is 6. The third kappa shape index (κ3) is 16.8. The Morgan fingerprint density at radius 1 is 0.269 bits per heavy atom. The number of benzene rings is 4. The molecule has 3 heterocycles. The van der Waals surface area contributed by atoms with Crippen molar-refractivity contribution in [1.29, 1.82) is 0 Å². The van der Waals surface area contributed by atoms with E-state index in [2.05, 4.69) is 51.4 Å². The molecule has 0 saturated heterocycles. The van der Waals surface area contributed by atoms with Crippen molar-refractivity contribution in [2.75, 3.05) is 19.8 Å². The van der Waals surface area contributed by atoms with Gasteiger partial charge in [-0.05, 0) is 73.9 Å². The summed E-state index contributed by atoms with van der Waals surface area (Å²) >= 11 is 0. The van der Waals surface area contributed by atoms with E-state index in [0.717, 1.165) is 57.8 Å². The second-order valence-corrected chi connectivity index (χ2v) is 20.0. The number of ether oxygens (including phenoxy) is 3. The highest BCUT2D eigenvalue weighted by Crippen LogP contribution is 2.44. The Morgan fingerprint density at radius 2 is 0.449 bits per heavy atom. The van der Waals surface area contributed by atoms with Crippen LogP contribution in [0.3, 0.4) is 0 Å². The summed E-state index contributed by atoms with van der Waals surface area (Å²) in [6.07, 6.45) is 26.9. The molecule has 0 spiro atoms. The molecule has 0 saturated carbocycles. The lowest BCUT2D eigenvalue weighted by Crippen LogP contribution is -1.98. The van der Waals surface area contributed by atoms with E-state index in [0.29, 0.717) is 36.5 Å². The van der Waals surface area contributed by atoms with Crippen LogP contribution in [0.1, 0.15) is 175 Å². The second kappa shape index (κ2) is 30.4. The summed E-state index contributed by atoms with van der Waals surface area (Å²) in [5.41, 5.74) is 1.70. The number of hydrogen-bond acceptors (Lipinski definition) is 18. The molecule has 0 unspecified atom stereocenters.